The van der Waals surface area contributed by atoms with Crippen molar-refractivity contribution >= 4 is 27.6 Å². The van der Waals surface area contributed by atoms with Crippen molar-refractivity contribution in [1.29, 1.82) is 0 Å². The summed E-state index contributed by atoms with van der Waals surface area (Å²) in [4.78, 5) is 11.8. The molecule has 1 fully saturated rings. The van der Waals surface area contributed by atoms with Gasteiger partial charge in [-0.2, -0.15) is 0 Å². The number of aliphatic hydroxyl groups is 1. The standard InChI is InChI=1S/C32H62O14S2/c33-6-7-35-8-9-36-10-11-37-12-13-38-14-15-39-16-17-40-18-19-41-20-21-42-22-23-43-24-25-44-26-27-45-28-29-46-32(34)4-2-1-3-31-5-30-47-48-31/h31,33H,1-30H2. The molecule has 1 heterocycles. The molecular formula is C32H62O14S2. The van der Waals surface area contributed by atoms with E-state index < -0.39 is 0 Å². The van der Waals surface area contributed by atoms with E-state index in [1.807, 2.05) is 21.6 Å². The lowest BCUT2D eigenvalue weighted by Crippen LogP contribution is -2.15. The number of carbonyl (C=O) groups is 1. The average Bonchev–Trinajstić information content (AvgIpc) is 3.62. The molecule has 1 aliphatic heterocycles. The lowest BCUT2D eigenvalue weighted by atomic mass is 10.1. The van der Waals surface area contributed by atoms with Crippen LogP contribution < -0.4 is 0 Å². The molecule has 14 nitrogen and oxygen atoms in total. The summed E-state index contributed by atoms with van der Waals surface area (Å²) in [6.45, 7) is 10.8. The molecule has 0 aromatic rings. The summed E-state index contributed by atoms with van der Waals surface area (Å²) < 4.78 is 64.7. The predicted molar refractivity (Wildman–Crippen MR) is 184 cm³/mol. The van der Waals surface area contributed by atoms with Crippen molar-refractivity contribution in [2.45, 2.75) is 37.4 Å². The Labute approximate surface area is 295 Å². The van der Waals surface area contributed by atoms with Crippen LogP contribution in [0.4, 0.5) is 0 Å². The van der Waals surface area contributed by atoms with E-state index in [1.54, 1.807) is 0 Å². The topological polar surface area (TPSA) is 148 Å². The molecule has 0 amide bonds. The Morgan fingerprint density at radius 1 is 0.479 bits per heavy atom. The zero-order chi connectivity index (χ0) is 34.3. The summed E-state index contributed by atoms with van der Waals surface area (Å²) in [5.41, 5.74) is 0. The number of hydrogen-bond donors (Lipinski definition) is 1. The van der Waals surface area contributed by atoms with E-state index in [2.05, 4.69) is 0 Å². The highest BCUT2D eigenvalue weighted by Gasteiger charge is 2.16. The summed E-state index contributed by atoms with van der Waals surface area (Å²) in [6, 6.07) is 0. The minimum atomic E-state index is -0.143. The SMILES string of the molecule is O=C(CCCCC1CCSS1)OCCOCCOCCOCCOCCOCCOCCOCCOCCOCCOCCOCCO. The molecule has 1 aliphatic rings. The van der Waals surface area contributed by atoms with E-state index in [0.29, 0.717) is 152 Å². The zero-order valence-corrected chi connectivity index (χ0v) is 30.5. The number of aliphatic hydroxyl groups excluding tert-OH is 1. The molecule has 0 radical (unpaired) electrons. The van der Waals surface area contributed by atoms with E-state index >= 15 is 0 Å². The monoisotopic (exact) mass is 734 g/mol. The highest BCUT2D eigenvalue weighted by Crippen LogP contribution is 2.39. The van der Waals surface area contributed by atoms with Crippen LogP contribution in [0.15, 0.2) is 0 Å². The van der Waals surface area contributed by atoms with Gasteiger partial charge in [0.25, 0.3) is 0 Å². The molecule has 1 atom stereocenters. The second-order valence-corrected chi connectivity index (χ2v) is 13.0. The molecule has 16 heteroatoms. The van der Waals surface area contributed by atoms with Crippen LogP contribution in [-0.4, -0.2) is 181 Å². The fourth-order valence-electron chi connectivity index (χ4n) is 3.86. The smallest absolute Gasteiger partial charge is 0.305 e. The number of unbranched alkanes of at least 4 members (excludes halogenated alkanes) is 1. The first-order chi connectivity index (χ1) is 23.8. The molecule has 0 saturated carbocycles. The minimum absolute atomic E-state index is 0.0230. The molecule has 1 N–H and O–H groups in total. The van der Waals surface area contributed by atoms with Crippen molar-refractivity contribution in [3.05, 3.63) is 0 Å². The molecule has 1 unspecified atom stereocenters. The van der Waals surface area contributed by atoms with Gasteiger partial charge in [0.15, 0.2) is 0 Å². The summed E-state index contributed by atoms with van der Waals surface area (Å²) >= 11 is 0. The highest BCUT2D eigenvalue weighted by molar-refractivity contribution is 8.77. The Balaban J connectivity index is 1.62. The number of esters is 1. The largest absolute Gasteiger partial charge is 0.463 e. The maximum Gasteiger partial charge on any atom is 0.305 e. The first-order valence-corrected chi connectivity index (χ1v) is 19.6. The van der Waals surface area contributed by atoms with Crippen LogP contribution in [0.5, 0.6) is 0 Å². The van der Waals surface area contributed by atoms with Crippen LogP contribution >= 0.6 is 21.6 Å². The van der Waals surface area contributed by atoms with Crippen LogP contribution in [0.1, 0.15) is 32.1 Å². The fraction of sp³-hybridized carbons (Fsp3) is 0.969. The average molecular weight is 735 g/mol. The van der Waals surface area contributed by atoms with E-state index in [1.165, 1.54) is 18.6 Å². The van der Waals surface area contributed by atoms with Gasteiger partial charge in [0.1, 0.15) is 6.61 Å². The number of hydrogen-bond acceptors (Lipinski definition) is 16. The third-order valence-corrected chi connectivity index (χ3v) is 9.34. The van der Waals surface area contributed by atoms with E-state index in [0.717, 1.165) is 18.1 Å². The maximum atomic E-state index is 11.8. The lowest BCUT2D eigenvalue weighted by Gasteiger charge is -2.09. The molecule has 0 aliphatic carbocycles. The molecule has 48 heavy (non-hydrogen) atoms. The highest BCUT2D eigenvalue weighted by atomic mass is 33.1. The molecule has 0 aromatic heterocycles. The fourth-order valence-corrected chi connectivity index (χ4v) is 6.89. The quantitative estimate of drug-likeness (QED) is 0.0558. The Bertz CT molecular complexity index is 650. The van der Waals surface area contributed by atoms with E-state index in [4.69, 9.17) is 61.9 Å². The van der Waals surface area contributed by atoms with Crippen molar-refractivity contribution in [3.63, 3.8) is 0 Å². The van der Waals surface area contributed by atoms with Gasteiger partial charge in [-0.1, -0.05) is 28.0 Å². The van der Waals surface area contributed by atoms with Crippen molar-refractivity contribution in [2.24, 2.45) is 0 Å². The van der Waals surface area contributed by atoms with Gasteiger partial charge in [-0.05, 0) is 19.3 Å². The van der Waals surface area contributed by atoms with Gasteiger partial charge in [-0.25, -0.2) is 0 Å². The van der Waals surface area contributed by atoms with Crippen LogP contribution in [-0.2, 0) is 61.6 Å². The number of rotatable bonds is 40. The Kier molecular flexibility index (Phi) is 37.6. The summed E-state index contributed by atoms with van der Waals surface area (Å²) in [6.07, 6.45) is 4.96. The summed E-state index contributed by atoms with van der Waals surface area (Å²) in [7, 11) is 3.94. The van der Waals surface area contributed by atoms with Crippen molar-refractivity contribution in [3.8, 4) is 0 Å². The minimum Gasteiger partial charge on any atom is -0.463 e. The lowest BCUT2D eigenvalue weighted by molar-refractivity contribution is -0.145. The Hall–Kier alpha value is -0.310. The Morgan fingerprint density at radius 3 is 1.12 bits per heavy atom. The van der Waals surface area contributed by atoms with Gasteiger partial charge in [0, 0.05) is 17.4 Å². The first kappa shape index (κ1) is 45.7. The molecule has 1 saturated heterocycles. The Morgan fingerprint density at radius 2 is 0.812 bits per heavy atom. The molecule has 0 bridgehead atoms. The zero-order valence-electron chi connectivity index (χ0n) is 28.9. The molecule has 286 valence electrons. The summed E-state index contributed by atoms with van der Waals surface area (Å²) in [5.74, 6) is 1.11. The summed E-state index contributed by atoms with van der Waals surface area (Å²) in [5, 5.41) is 9.34. The number of ether oxygens (including phenoxy) is 12. The number of carbonyl (C=O) groups excluding carboxylic acids is 1. The molecule has 0 spiro atoms. The van der Waals surface area contributed by atoms with Gasteiger partial charge in [0.2, 0.25) is 0 Å². The van der Waals surface area contributed by atoms with Crippen LogP contribution in [0, 0.1) is 0 Å². The normalized spacial score (nSPS) is 14.6. The first-order valence-electron chi connectivity index (χ1n) is 17.2. The third-order valence-electron chi connectivity index (χ3n) is 6.33. The van der Waals surface area contributed by atoms with Crippen molar-refractivity contribution in [1.82, 2.24) is 0 Å². The second-order valence-electron chi connectivity index (χ2n) is 10.3. The maximum absolute atomic E-state index is 11.8. The van der Waals surface area contributed by atoms with Gasteiger partial charge in [-0.3, -0.25) is 4.79 Å². The molecule has 0 aromatic carbocycles. The van der Waals surface area contributed by atoms with Crippen LogP contribution in [0.25, 0.3) is 0 Å². The van der Waals surface area contributed by atoms with Crippen LogP contribution in [0.2, 0.25) is 0 Å². The van der Waals surface area contributed by atoms with Gasteiger partial charge in [-0.15, -0.1) is 0 Å². The van der Waals surface area contributed by atoms with Crippen LogP contribution in [0.3, 0.4) is 0 Å². The van der Waals surface area contributed by atoms with Crippen molar-refractivity contribution < 1.29 is 66.7 Å². The van der Waals surface area contributed by atoms with Gasteiger partial charge < -0.3 is 61.9 Å². The van der Waals surface area contributed by atoms with E-state index in [-0.39, 0.29) is 19.2 Å². The molecular weight excluding hydrogens is 672 g/mol. The van der Waals surface area contributed by atoms with Gasteiger partial charge >= 0.3 is 5.97 Å². The van der Waals surface area contributed by atoms with Crippen molar-refractivity contribution in [2.75, 3.05) is 164 Å². The third kappa shape index (κ3) is 35.5. The molecule has 1 rings (SSSR count). The van der Waals surface area contributed by atoms with Gasteiger partial charge in [0.05, 0.1) is 152 Å². The predicted octanol–water partition coefficient (Wildman–Crippen LogP) is 2.42. The van der Waals surface area contributed by atoms with E-state index in [9.17, 15) is 4.79 Å². The second kappa shape index (κ2) is 39.5.